The summed E-state index contributed by atoms with van der Waals surface area (Å²) in [6, 6.07) is 2.28. The first kappa shape index (κ1) is 17.6. The quantitative estimate of drug-likeness (QED) is 0.749. The van der Waals surface area contributed by atoms with E-state index in [4.69, 9.17) is 0 Å². The van der Waals surface area contributed by atoms with Crippen molar-refractivity contribution in [2.75, 3.05) is 5.32 Å². The third-order valence-electron chi connectivity index (χ3n) is 5.45. The molecule has 1 N–H and O–H groups in total. The van der Waals surface area contributed by atoms with Crippen molar-refractivity contribution in [2.45, 2.75) is 64.8 Å². The van der Waals surface area contributed by atoms with Gasteiger partial charge in [0.05, 0.1) is 12.2 Å². The van der Waals surface area contributed by atoms with Crippen LogP contribution in [0.25, 0.3) is 5.78 Å². The van der Waals surface area contributed by atoms with E-state index in [9.17, 15) is 4.79 Å². The molecule has 0 aromatic carbocycles. The van der Waals surface area contributed by atoms with Gasteiger partial charge in [-0.15, -0.1) is 0 Å². The van der Waals surface area contributed by atoms with Gasteiger partial charge in [0.15, 0.2) is 0 Å². The number of fused-ring (bicyclic) bond motifs is 1. The topological polar surface area (TPSA) is 90.0 Å². The van der Waals surface area contributed by atoms with Gasteiger partial charge >= 0.3 is 0 Å². The molecule has 0 unspecified atom stereocenters. The number of anilines is 1. The molecule has 3 aromatic rings. The maximum Gasteiger partial charge on any atom is 0.252 e. The van der Waals surface area contributed by atoms with Crippen LogP contribution in [0, 0.1) is 13.8 Å². The third kappa shape index (κ3) is 3.56. The summed E-state index contributed by atoms with van der Waals surface area (Å²) < 4.78 is 3.70. The molecule has 0 spiro atoms. The van der Waals surface area contributed by atoms with E-state index >= 15 is 0 Å². The predicted octanol–water partition coefficient (Wildman–Crippen LogP) is 3.01. The molecule has 1 fully saturated rings. The largest absolute Gasteiger partial charge is 0.311 e. The Hall–Kier alpha value is -2.77. The van der Waals surface area contributed by atoms with Crippen LogP contribution >= 0.6 is 0 Å². The maximum absolute atomic E-state index is 12.5. The fourth-order valence-electron chi connectivity index (χ4n) is 3.99. The van der Waals surface area contributed by atoms with E-state index in [2.05, 4.69) is 25.5 Å². The van der Waals surface area contributed by atoms with Crippen LogP contribution < -0.4 is 5.32 Å². The first-order valence-electron chi connectivity index (χ1n) is 9.62. The summed E-state index contributed by atoms with van der Waals surface area (Å²) in [6.07, 6.45) is 10.3. The van der Waals surface area contributed by atoms with Crippen LogP contribution in [0.15, 0.2) is 18.6 Å². The molecule has 0 atom stereocenters. The molecule has 0 aliphatic heterocycles. The summed E-state index contributed by atoms with van der Waals surface area (Å²) in [6.45, 7) is 3.94. The first-order valence-corrected chi connectivity index (χ1v) is 9.62. The minimum absolute atomic E-state index is 0.00922. The fourth-order valence-corrected chi connectivity index (χ4v) is 3.99. The van der Waals surface area contributed by atoms with Crippen molar-refractivity contribution in [1.29, 1.82) is 0 Å². The molecule has 142 valence electrons. The zero-order valence-electron chi connectivity index (χ0n) is 15.9. The van der Waals surface area contributed by atoms with Gasteiger partial charge in [0.25, 0.3) is 5.78 Å². The zero-order valence-corrected chi connectivity index (χ0v) is 15.9. The van der Waals surface area contributed by atoms with Crippen LogP contribution in [0.5, 0.6) is 0 Å². The smallest absolute Gasteiger partial charge is 0.252 e. The van der Waals surface area contributed by atoms with Gasteiger partial charge in [-0.1, -0.05) is 19.3 Å². The summed E-state index contributed by atoms with van der Waals surface area (Å²) >= 11 is 0. The van der Waals surface area contributed by atoms with Gasteiger partial charge in [0.2, 0.25) is 5.91 Å². The molecule has 1 saturated carbocycles. The number of hydrogen-bond acceptors (Lipinski definition) is 5. The second-order valence-corrected chi connectivity index (χ2v) is 7.23. The molecule has 1 aliphatic carbocycles. The van der Waals surface area contributed by atoms with Crippen LogP contribution in [0.3, 0.4) is 0 Å². The molecule has 3 heterocycles. The van der Waals surface area contributed by atoms with Crippen molar-refractivity contribution in [3.05, 3.63) is 35.5 Å². The van der Waals surface area contributed by atoms with Crippen LogP contribution in [-0.4, -0.2) is 35.3 Å². The second-order valence-electron chi connectivity index (χ2n) is 7.23. The van der Waals surface area contributed by atoms with Gasteiger partial charge in [0.1, 0.15) is 12.1 Å². The van der Waals surface area contributed by atoms with Gasteiger partial charge in [-0.05, 0) is 38.7 Å². The van der Waals surface area contributed by atoms with Gasteiger partial charge < -0.3 is 5.32 Å². The molecule has 0 radical (unpaired) electrons. The van der Waals surface area contributed by atoms with Gasteiger partial charge in [-0.25, -0.2) is 14.2 Å². The van der Waals surface area contributed by atoms with Crippen molar-refractivity contribution in [1.82, 2.24) is 29.4 Å². The number of nitrogens with zero attached hydrogens (tertiary/aromatic N) is 6. The highest BCUT2D eigenvalue weighted by atomic mass is 16.1. The summed E-state index contributed by atoms with van der Waals surface area (Å²) in [5, 5.41) is 11.7. The summed E-state index contributed by atoms with van der Waals surface area (Å²) in [7, 11) is 0. The standard InChI is InChI=1S/C19H25N7O/c1-13-16(14(2)25-19(23-13)20-12-22-25)8-9-18(27)24-17-10-11-21-26(17)15-6-4-3-5-7-15/h10-12,15H,3-9H2,1-2H3,(H,24,27). The van der Waals surface area contributed by atoms with Crippen LogP contribution in [0.4, 0.5) is 5.82 Å². The Balaban J connectivity index is 1.43. The number of nitrogens with one attached hydrogen (secondary N) is 1. The SMILES string of the molecule is Cc1nc2ncnn2c(C)c1CCC(=O)Nc1ccnn1C1CCCCC1. The number of carbonyl (C=O) groups is 1. The zero-order chi connectivity index (χ0) is 18.8. The Kier molecular flexibility index (Phi) is 4.87. The number of rotatable bonds is 5. The molecule has 0 saturated heterocycles. The molecule has 1 amide bonds. The van der Waals surface area contributed by atoms with E-state index in [1.165, 1.54) is 25.6 Å². The molecule has 27 heavy (non-hydrogen) atoms. The van der Waals surface area contributed by atoms with Crippen LogP contribution in [0.2, 0.25) is 0 Å². The highest BCUT2D eigenvalue weighted by Gasteiger charge is 2.19. The van der Waals surface area contributed by atoms with Crippen molar-refractivity contribution in [3.63, 3.8) is 0 Å². The lowest BCUT2D eigenvalue weighted by Gasteiger charge is -2.23. The minimum Gasteiger partial charge on any atom is -0.311 e. The molecule has 8 heteroatoms. The van der Waals surface area contributed by atoms with E-state index in [0.29, 0.717) is 24.7 Å². The summed E-state index contributed by atoms with van der Waals surface area (Å²) in [5.41, 5.74) is 2.92. The Morgan fingerprint density at radius 3 is 2.85 bits per heavy atom. The normalized spacial score (nSPS) is 15.3. The minimum atomic E-state index is -0.00922. The molecule has 8 nitrogen and oxygen atoms in total. The first-order chi connectivity index (χ1) is 13.1. The maximum atomic E-state index is 12.5. The van der Waals surface area contributed by atoms with E-state index in [-0.39, 0.29) is 5.91 Å². The number of hydrogen-bond donors (Lipinski definition) is 1. The molecule has 3 aromatic heterocycles. The Bertz CT molecular complexity index is 952. The third-order valence-corrected chi connectivity index (χ3v) is 5.45. The average molecular weight is 367 g/mol. The van der Waals surface area contributed by atoms with Crippen molar-refractivity contribution in [2.24, 2.45) is 0 Å². The highest BCUT2D eigenvalue weighted by molar-refractivity contribution is 5.90. The molecule has 4 rings (SSSR count). The monoisotopic (exact) mass is 367 g/mol. The summed E-state index contributed by atoms with van der Waals surface area (Å²) in [5.74, 6) is 1.38. The van der Waals surface area contributed by atoms with Crippen LogP contribution in [-0.2, 0) is 11.2 Å². The predicted molar refractivity (Wildman–Crippen MR) is 102 cm³/mol. The number of aromatic nitrogens is 6. The Labute approximate surface area is 158 Å². The van der Waals surface area contributed by atoms with Gasteiger partial charge in [0, 0.05) is 23.9 Å². The average Bonchev–Trinajstić information content (AvgIpc) is 3.31. The number of aryl methyl sites for hydroxylation is 2. The lowest BCUT2D eigenvalue weighted by Crippen LogP contribution is -2.20. The molecule has 0 bridgehead atoms. The van der Waals surface area contributed by atoms with Gasteiger partial charge in [-0.3, -0.25) is 4.79 Å². The van der Waals surface area contributed by atoms with Crippen molar-refractivity contribution >= 4 is 17.5 Å². The van der Waals surface area contributed by atoms with Crippen LogP contribution in [0.1, 0.15) is 61.5 Å². The lowest BCUT2D eigenvalue weighted by atomic mass is 9.96. The van der Waals surface area contributed by atoms with Crippen molar-refractivity contribution in [3.8, 4) is 0 Å². The Morgan fingerprint density at radius 1 is 1.22 bits per heavy atom. The lowest BCUT2D eigenvalue weighted by molar-refractivity contribution is -0.116. The molecule has 1 aliphatic rings. The second kappa shape index (κ2) is 7.46. The van der Waals surface area contributed by atoms with E-state index < -0.39 is 0 Å². The van der Waals surface area contributed by atoms with E-state index in [1.807, 2.05) is 24.6 Å². The Morgan fingerprint density at radius 2 is 2.04 bits per heavy atom. The van der Waals surface area contributed by atoms with E-state index in [0.717, 1.165) is 35.6 Å². The fraction of sp³-hybridized carbons (Fsp3) is 0.526. The number of carbonyl (C=O) groups excluding carboxylic acids is 1. The molecular weight excluding hydrogens is 342 g/mol. The van der Waals surface area contributed by atoms with E-state index in [1.54, 1.807) is 10.7 Å². The highest BCUT2D eigenvalue weighted by Crippen LogP contribution is 2.30. The number of amides is 1. The van der Waals surface area contributed by atoms with Gasteiger partial charge in [-0.2, -0.15) is 15.2 Å². The van der Waals surface area contributed by atoms with Crippen molar-refractivity contribution < 1.29 is 4.79 Å². The molecular formula is C19H25N7O. The summed E-state index contributed by atoms with van der Waals surface area (Å²) in [4.78, 5) is 21.1.